The molecule has 0 aliphatic heterocycles. The minimum absolute atomic E-state index is 0.294. The Morgan fingerprint density at radius 2 is 1.62 bits per heavy atom. The van der Waals surface area contributed by atoms with E-state index in [1.165, 1.54) is 12.1 Å². The number of benzene rings is 2. The summed E-state index contributed by atoms with van der Waals surface area (Å²) < 4.78 is 12.7. The lowest BCUT2D eigenvalue weighted by atomic mass is 10.1. The number of ketones is 1. The van der Waals surface area contributed by atoms with Crippen molar-refractivity contribution in [1.29, 1.82) is 0 Å². The zero-order chi connectivity index (χ0) is 15.2. The number of amides is 1. The third-order valence-electron chi connectivity index (χ3n) is 2.66. The molecule has 0 atom stereocenters. The molecule has 0 spiro atoms. The SMILES string of the molecule is O=C(C=C(O)c1ccccc1)C(=O)Nc1ccc(F)cc1. The lowest BCUT2D eigenvalue weighted by molar-refractivity contribution is -0.131. The highest BCUT2D eigenvalue weighted by Crippen LogP contribution is 2.11. The Hall–Kier alpha value is -2.95. The molecular weight excluding hydrogens is 273 g/mol. The summed E-state index contributed by atoms with van der Waals surface area (Å²) >= 11 is 0. The van der Waals surface area contributed by atoms with Gasteiger partial charge in [0.2, 0.25) is 5.78 Å². The third kappa shape index (κ3) is 4.01. The van der Waals surface area contributed by atoms with E-state index in [2.05, 4.69) is 5.32 Å². The molecule has 0 saturated heterocycles. The Labute approximate surface area is 120 Å². The molecule has 21 heavy (non-hydrogen) atoms. The minimum Gasteiger partial charge on any atom is -0.507 e. The van der Waals surface area contributed by atoms with Crippen molar-refractivity contribution in [3.8, 4) is 0 Å². The summed E-state index contributed by atoms with van der Waals surface area (Å²) in [7, 11) is 0. The summed E-state index contributed by atoms with van der Waals surface area (Å²) in [4.78, 5) is 23.3. The fraction of sp³-hybridized carbons (Fsp3) is 0. The summed E-state index contributed by atoms with van der Waals surface area (Å²) in [5.41, 5.74) is 0.725. The first-order chi connectivity index (χ1) is 10.1. The van der Waals surface area contributed by atoms with Crippen molar-refractivity contribution in [2.75, 3.05) is 5.32 Å². The number of aliphatic hydroxyl groups is 1. The van der Waals surface area contributed by atoms with Gasteiger partial charge >= 0.3 is 0 Å². The van der Waals surface area contributed by atoms with Crippen LogP contribution in [0.25, 0.3) is 5.76 Å². The molecule has 0 fully saturated rings. The van der Waals surface area contributed by atoms with E-state index in [9.17, 15) is 19.1 Å². The van der Waals surface area contributed by atoms with E-state index in [0.29, 0.717) is 11.3 Å². The van der Waals surface area contributed by atoms with Gasteiger partial charge in [-0.1, -0.05) is 30.3 Å². The van der Waals surface area contributed by atoms with E-state index in [1.54, 1.807) is 30.3 Å². The van der Waals surface area contributed by atoms with Crippen LogP contribution in [0.1, 0.15) is 5.56 Å². The molecule has 2 rings (SSSR count). The number of hydrogen-bond donors (Lipinski definition) is 2. The van der Waals surface area contributed by atoms with Crippen molar-refractivity contribution in [3.05, 3.63) is 72.1 Å². The molecule has 2 aromatic rings. The van der Waals surface area contributed by atoms with Crippen LogP contribution in [0.3, 0.4) is 0 Å². The molecule has 0 saturated carbocycles. The molecule has 0 aromatic heterocycles. The van der Waals surface area contributed by atoms with Crippen LogP contribution < -0.4 is 5.32 Å². The van der Waals surface area contributed by atoms with E-state index in [4.69, 9.17) is 0 Å². The quantitative estimate of drug-likeness (QED) is 0.515. The minimum atomic E-state index is -0.913. The largest absolute Gasteiger partial charge is 0.507 e. The molecule has 1 amide bonds. The Kier molecular flexibility index (Phi) is 4.46. The monoisotopic (exact) mass is 285 g/mol. The maximum atomic E-state index is 12.7. The first-order valence-corrected chi connectivity index (χ1v) is 6.13. The summed E-state index contributed by atoms with van der Waals surface area (Å²) in [6.45, 7) is 0. The van der Waals surface area contributed by atoms with Gasteiger partial charge in [0.1, 0.15) is 11.6 Å². The first-order valence-electron chi connectivity index (χ1n) is 6.13. The molecule has 5 heteroatoms. The van der Waals surface area contributed by atoms with Crippen LogP contribution in [0.15, 0.2) is 60.7 Å². The van der Waals surface area contributed by atoms with Gasteiger partial charge in [0.15, 0.2) is 0 Å². The Balaban J connectivity index is 2.06. The third-order valence-corrected chi connectivity index (χ3v) is 2.66. The summed E-state index contributed by atoms with van der Waals surface area (Å²) in [5, 5.41) is 12.1. The smallest absolute Gasteiger partial charge is 0.296 e. The number of rotatable bonds is 4. The van der Waals surface area contributed by atoms with E-state index >= 15 is 0 Å². The molecule has 2 aromatic carbocycles. The van der Waals surface area contributed by atoms with E-state index in [1.807, 2.05) is 0 Å². The molecule has 0 aliphatic carbocycles. The number of aliphatic hydroxyl groups excluding tert-OH is 1. The molecular formula is C16H12FNO3. The predicted octanol–water partition coefficient (Wildman–Crippen LogP) is 2.93. The van der Waals surface area contributed by atoms with Gasteiger partial charge in [-0.25, -0.2) is 4.39 Å². The number of carbonyl (C=O) groups is 2. The van der Waals surface area contributed by atoms with Crippen LogP contribution in [0.2, 0.25) is 0 Å². The van der Waals surface area contributed by atoms with Gasteiger partial charge in [0.25, 0.3) is 5.91 Å². The van der Waals surface area contributed by atoms with Crippen LogP contribution in [-0.2, 0) is 9.59 Å². The molecule has 0 aliphatic rings. The van der Waals surface area contributed by atoms with Gasteiger partial charge in [-0.05, 0) is 24.3 Å². The molecule has 0 heterocycles. The highest BCUT2D eigenvalue weighted by Gasteiger charge is 2.13. The van der Waals surface area contributed by atoms with Crippen molar-refractivity contribution in [3.63, 3.8) is 0 Å². The second-order valence-corrected chi connectivity index (χ2v) is 4.22. The number of anilines is 1. The van der Waals surface area contributed by atoms with E-state index in [0.717, 1.165) is 18.2 Å². The number of carbonyl (C=O) groups excluding carboxylic acids is 2. The highest BCUT2D eigenvalue weighted by molar-refractivity contribution is 6.45. The molecule has 0 radical (unpaired) electrons. The van der Waals surface area contributed by atoms with Crippen molar-refractivity contribution in [2.24, 2.45) is 0 Å². The van der Waals surface area contributed by atoms with Crippen molar-refractivity contribution in [2.45, 2.75) is 0 Å². The van der Waals surface area contributed by atoms with Crippen LogP contribution >= 0.6 is 0 Å². The van der Waals surface area contributed by atoms with Crippen molar-refractivity contribution in [1.82, 2.24) is 0 Å². The van der Waals surface area contributed by atoms with Gasteiger partial charge in [-0.15, -0.1) is 0 Å². The second kappa shape index (κ2) is 6.47. The fourth-order valence-electron chi connectivity index (χ4n) is 1.61. The lowest BCUT2D eigenvalue weighted by Crippen LogP contribution is -2.21. The highest BCUT2D eigenvalue weighted by atomic mass is 19.1. The number of halogens is 1. The molecule has 2 N–H and O–H groups in total. The van der Waals surface area contributed by atoms with Crippen molar-refractivity contribution >= 4 is 23.1 Å². The average molecular weight is 285 g/mol. The Morgan fingerprint density at radius 3 is 2.24 bits per heavy atom. The zero-order valence-corrected chi connectivity index (χ0v) is 10.9. The van der Waals surface area contributed by atoms with Crippen LogP contribution in [0.5, 0.6) is 0 Å². The maximum Gasteiger partial charge on any atom is 0.296 e. The van der Waals surface area contributed by atoms with E-state index in [-0.39, 0.29) is 5.76 Å². The Bertz CT molecular complexity index is 678. The normalized spacial score (nSPS) is 11.0. The standard InChI is InChI=1S/C16H12FNO3/c17-12-6-8-13(9-7-12)18-16(21)15(20)10-14(19)11-4-2-1-3-5-11/h1-10,19H,(H,18,21). The fourth-order valence-corrected chi connectivity index (χ4v) is 1.61. The van der Waals surface area contributed by atoms with Gasteiger partial charge < -0.3 is 10.4 Å². The van der Waals surface area contributed by atoms with Gasteiger partial charge in [0.05, 0.1) is 0 Å². The Morgan fingerprint density at radius 1 is 1.00 bits per heavy atom. The number of hydrogen-bond acceptors (Lipinski definition) is 3. The van der Waals surface area contributed by atoms with Gasteiger partial charge in [0, 0.05) is 17.3 Å². The predicted molar refractivity (Wildman–Crippen MR) is 77.1 cm³/mol. The van der Waals surface area contributed by atoms with Crippen molar-refractivity contribution < 1.29 is 19.1 Å². The van der Waals surface area contributed by atoms with Crippen LogP contribution in [-0.4, -0.2) is 16.8 Å². The maximum absolute atomic E-state index is 12.7. The molecule has 4 nitrogen and oxygen atoms in total. The van der Waals surface area contributed by atoms with Gasteiger partial charge in [-0.3, -0.25) is 9.59 Å². The van der Waals surface area contributed by atoms with Crippen LogP contribution in [0.4, 0.5) is 10.1 Å². The average Bonchev–Trinajstić information content (AvgIpc) is 2.50. The summed E-state index contributed by atoms with van der Waals surface area (Å²) in [6.07, 6.45) is 0.841. The van der Waals surface area contributed by atoms with Gasteiger partial charge in [-0.2, -0.15) is 0 Å². The topological polar surface area (TPSA) is 66.4 Å². The lowest BCUT2D eigenvalue weighted by Gasteiger charge is -2.03. The molecule has 0 bridgehead atoms. The number of nitrogens with one attached hydrogen (secondary N) is 1. The zero-order valence-electron chi connectivity index (χ0n) is 10.9. The summed E-state index contributed by atoms with van der Waals surface area (Å²) in [6, 6.07) is 13.4. The van der Waals surface area contributed by atoms with Crippen LogP contribution in [0, 0.1) is 5.82 Å². The van der Waals surface area contributed by atoms with E-state index < -0.39 is 17.5 Å². The second-order valence-electron chi connectivity index (χ2n) is 4.22. The summed E-state index contributed by atoms with van der Waals surface area (Å²) in [5.74, 6) is -2.56. The molecule has 0 unspecified atom stereocenters. The molecule has 106 valence electrons. The first kappa shape index (κ1) is 14.5.